The molecule has 0 heterocycles. The van der Waals surface area contributed by atoms with Crippen molar-refractivity contribution in [2.75, 3.05) is 0 Å². The summed E-state index contributed by atoms with van der Waals surface area (Å²) in [6.07, 6.45) is 0. The number of Topliss-reactive ketones (excluding diaryl/α,β-unsaturated/α-hetero) is 4. The lowest BCUT2D eigenvalue weighted by Crippen LogP contribution is -2.09. The van der Waals surface area contributed by atoms with Crippen molar-refractivity contribution < 1.29 is 19.2 Å². The first-order chi connectivity index (χ1) is 12.1. The van der Waals surface area contributed by atoms with Crippen LogP contribution in [0.4, 0.5) is 0 Å². The number of carbonyl (C=O) groups is 4. The molecule has 0 bridgehead atoms. The van der Waals surface area contributed by atoms with Crippen LogP contribution in [0, 0.1) is 5.92 Å². The minimum atomic E-state index is -0.207. The Kier molecular flexibility index (Phi) is 5.66. The standard InChI is InChI=1S/C22H22O4/c1-12(2)22(26)21-10-18(15(5)25)9-20(11-21)19-7-16(13(3)23)6-17(8-19)14(4)24/h6-12H,1-5H3. The average Bonchev–Trinajstić information content (AvgIpc) is 2.59. The number of hydrogen-bond donors (Lipinski definition) is 0. The minimum absolute atomic E-state index is 0.0659. The zero-order chi connectivity index (χ0) is 19.6. The van der Waals surface area contributed by atoms with Crippen LogP contribution in [0.1, 0.15) is 76.1 Å². The Morgan fingerprint density at radius 1 is 0.577 bits per heavy atom. The van der Waals surface area contributed by atoms with Gasteiger partial charge in [0.2, 0.25) is 0 Å². The largest absolute Gasteiger partial charge is 0.295 e. The third-order valence-corrected chi connectivity index (χ3v) is 4.23. The maximum absolute atomic E-state index is 12.4. The third-order valence-electron chi connectivity index (χ3n) is 4.23. The van der Waals surface area contributed by atoms with E-state index in [1.165, 1.54) is 20.8 Å². The Morgan fingerprint density at radius 2 is 0.885 bits per heavy atom. The van der Waals surface area contributed by atoms with E-state index in [1.807, 2.05) is 0 Å². The molecule has 0 radical (unpaired) electrons. The minimum Gasteiger partial charge on any atom is -0.295 e. The molecule has 0 N–H and O–H groups in total. The van der Waals surface area contributed by atoms with Gasteiger partial charge in [0.1, 0.15) is 0 Å². The van der Waals surface area contributed by atoms with Gasteiger partial charge in [-0.25, -0.2) is 0 Å². The molecule has 0 amide bonds. The average molecular weight is 350 g/mol. The molecule has 26 heavy (non-hydrogen) atoms. The third kappa shape index (κ3) is 4.20. The van der Waals surface area contributed by atoms with Gasteiger partial charge in [-0.1, -0.05) is 13.8 Å². The molecule has 0 saturated heterocycles. The summed E-state index contributed by atoms with van der Waals surface area (Å²) in [4.78, 5) is 48.0. The van der Waals surface area contributed by atoms with Gasteiger partial charge in [-0.3, -0.25) is 19.2 Å². The first kappa shape index (κ1) is 19.4. The molecule has 0 atom stereocenters. The van der Waals surface area contributed by atoms with Crippen LogP contribution in [0.2, 0.25) is 0 Å². The molecule has 0 spiro atoms. The highest BCUT2D eigenvalue weighted by Crippen LogP contribution is 2.27. The lowest BCUT2D eigenvalue weighted by Gasteiger charge is -2.12. The van der Waals surface area contributed by atoms with E-state index in [0.29, 0.717) is 33.4 Å². The molecule has 2 aromatic carbocycles. The second-order valence-electron chi connectivity index (χ2n) is 6.79. The van der Waals surface area contributed by atoms with Crippen molar-refractivity contribution in [1.29, 1.82) is 0 Å². The quantitative estimate of drug-likeness (QED) is 0.702. The number of carbonyl (C=O) groups excluding carboxylic acids is 4. The van der Waals surface area contributed by atoms with Crippen LogP contribution in [0.25, 0.3) is 11.1 Å². The van der Waals surface area contributed by atoms with Crippen molar-refractivity contribution in [1.82, 2.24) is 0 Å². The lowest BCUT2D eigenvalue weighted by atomic mass is 9.91. The predicted octanol–water partition coefficient (Wildman–Crippen LogP) is 4.80. The van der Waals surface area contributed by atoms with E-state index < -0.39 is 0 Å². The summed E-state index contributed by atoms with van der Waals surface area (Å²) in [6.45, 7) is 7.90. The van der Waals surface area contributed by atoms with Crippen LogP contribution in [0.15, 0.2) is 36.4 Å². The van der Waals surface area contributed by atoms with Crippen molar-refractivity contribution in [3.63, 3.8) is 0 Å². The van der Waals surface area contributed by atoms with Crippen LogP contribution in [-0.2, 0) is 0 Å². The van der Waals surface area contributed by atoms with Gasteiger partial charge in [-0.2, -0.15) is 0 Å². The highest BCUT2D eigenvalue weighted by molar-refractivity contribution is 6.04. The van der Waals surface area contributed by atoms with Crippen LogP contribution in [0.3, 0.4) is 0 Å². The van der Waals surface area contributed by atoms with Gasteiger partial charge >= 0.3 is 0 Å². The molecule has 134 valence electrons. The number of hydrogen-bond acceptors (Lipinski definition) is 4. The fourth-order valence-corrected chi connectivity index (χ4v) is 2.67. The van der Waals surface area contributed by atoms with E-state index in [4.69, 9.17) is 0 Å². The Labute approximate surface area is 153 Å². The van der Waals surface area contributed by atoms with Crippen molar-refractivity contribution in [3.8, 4) is 11.1 Å². The smallest absolute Gasteiger partial charge is 0.165 e. The van der Waals surface area contributed by atoms with E-state index in [1.54, 1.807) is 50.2 Å². The van der Waals surface area contributed by atoms with Crippen LogP contribution >= 0.6 is 0 Å². The van der Waals surface area contributed by atoms with E-state index in [0.717, 1.165) is 0 Å². The molecule has 2 rings (SSSR count). The number of benzene rings is 2. The van der Waals surface area contributed by atoms with Crippen LogP contribution in [0.5, 0.6) is 0 Å². The summed E-state index contributed by atoms with van der Waals surface area (Å²) >= 11 is 0. The summed E-state index contributed by atoms with van der Waals surface area (Å²) < 4.78 is 0. The fourth-order valence-electron chi connectivity index (χ4n) is 2.67. The van der Waals surface area contributed by atoms with Gasteiger partial charge in [0.15, 0.2) is 23.1 Å². The summed E-state index contributed by atoms with van der Waals surface area (Å²) in [5.41, 5.74) is 2.95. The second-order valence-corrected chi connectivity index (χ2v) is 6.79. The van der Waals surface area contributed by atoms with Crippen LogP contribution in [-0.4, -0.2) is 23.1 Å². The van der Waals surface area contributed by atoms with Gasteiger partial charge in [0.25, 0.3) is 0 Å². The van der Waals surface area contributed by atoms with E-state index in [9.17, 15) is 19.2 Å². The maximum Gasteiger partial charge on any atom is 0.165 e. The number of rotatable bonds is 6. The Balaban J connectivity index is 2.74. The fraction of sp³-hybridized carbons (Fsp3) is 0.273. The summed E-state index contributed by atoms with van der Waals surface area (Å²) in [6, 6.07) is 9.90. The maximum atomic E-state index is 12.4. The van der Waals surface area contributed by atoms with Crippen molar-refractivity contribution >= 4 is 23.1 Å². The highest BCUT2D eigenvalue weighted by atomic mass is 16.1. The molecule has 0 aliphatic heterocycles. The Bertz CT molecular complexity index is 887. The van der Waals surface area contributed by atoms with Gasteiger partial charge in [0.05, 0.1) is 0 Å². The van der Waals surface area contributed by atoms with Crippen molar-refractivity contribution in [2.45, 2.75) is 34.6 Å². The summed E-state index contributed by atoms with van der Waals surface area (Å²) in [7, 11) is 0. The Hall–Kier alpha value is -2.88. The molecule has 0 aliphatic rings. The molecule has 0 saturated carbocycles. The normalized spacial score (nSPS) is 10.7. The molecule has 0 aromatic heterocycles. The van der Waals surface area contributed by atoms with Crippen LogP contribution < -0.4 is 0 Å². The van der Waals surface area contributed by atoms with Crippen molar-refractivity contribution in [3.05, 3.63) is 58.7 Å². The molecule has 0 aliphatic carbocycles. The Morgan fingerprint density at radius 3 is 1.19 bits per heavy atom. The number of ketones is 4. The molecule has 4 nitrogen and oxygen atoms in total. The topological polar surface area (TPSA) is 68.3 Å². The van der Waals surface area contributed by atoms with Gasteiger partial charge in [-0.15, -0.1) is 0 Å². The molecule has 4 heteroatoms. The summed E-state index contributed by atoms with van der Waals surface area (Å²) in [5, 5.41) is 0. The van der Waals surface area contributed by atoms with Crippen molar-refractivity contribution in [2.24, 2.45) is 5.92 Å². The molecular weight excluding hydrogens is 328 g/mol. The van der Waals surface area contributed by atoms with E-state index in [-0.39, 0.29) is 29.1 Å². The lowest BCUT2D eigenvalue weighted by molar-refractivity contribution is 0.0938. The molecular formula is C22H22O4. The van der Waals surface area contributed by atoms with Gasteiger partial charge in [0, 0.05) is 28.2 Å². The first-order valence-corrected chi connectivity index (χ1v) is 8.47. The van der Waals surface area contributed by atoms with Gasteiger partial charge < -0.3 is 0 Å². The summed E-state index contributed by atoms with van der Waals surface area (Å²) in [5.74, 6) is -0.740. The zero-order valence-corrected chi connectivity index (χ0v) is 15.7. The van der Waals surface area contributed by atoms with E-state index in [2.05, 4.69) is 0 Å². The monoisotopic (exact) mass is 350 g/mol. The molecule has 2 aromatic rings. The second kappa shape index (κ2) is 7.56. The first-order valence-electron chi connectivity index (χ1n) is 8.47. The van der Waals surface area contributed by atoms with Gasteiger partial charge in [-0.05, 0) is 68.3 Å². The SMILES string of the molecule is CC(=O)c1cc(C(C)=O)cc(-c2cc(C(C)=O)cc(C(=O)C(C)C)c2)c1. The predicted molar refractivity (Wildman–Crippen MR) is 101 cm³/mol. The molecule has 0 fully saturated rings. The van der Waals surface area contributed by atoms with E-state index >= 15 is 0 Å². The zero-order valence-electron chi connectivity index (χ0n) is 15.7. The highest BCUT2D eigenvalue weighted by Gasteiger charge is 2.16. The molecule has 0 unspecified atom stereocenters.